The number of rotatable bonds is 10. The quantitative estimate of drug-likeness (QED) is 0.648. The number of nitrogens with one attached hydrogen (secondary N) is 1. The van der Waals surface area contributed by atoms with E-state index in [0.29, 0.717) is 0 Å². The molecule has 0 aliphatic carbocycles. The third kappa shape index (κ3) is 5.35. The van der Waals surface area contributed by atoms with E-state index in [0.717, 1.165) is 37.6 Å². The first-order valence-electron chi connectivity index (χ1n) is 7.86. The number of benzene rings is 1. The maximum Gasteiger partial charge on any atom is 0.161 e. The van der Waals surface area contributed by atoms with Gasteiger partial charge in [-0.3, -0.25) is 0 Å². The summed E-state index contributed by atoms with van der Waals surface area (Å²) in [5.74, 6) is 1.65. The van der Waals surface area contributed by atoms with Crippen molar-refractivity contribution >= 4 is 11.3 Å². The molecule has 2 rings (SSSR count). The van der Waals surface area contributed by atoms with Crippen molar-refractivity contribution < 1.29 is 9.47 Å². The molecule has 0 aliphatic rings. The Morgan fingerprint density at radius 3 is 2.73 bits per heavy atom. The second kappa shape index (κ2) is 9.49. The summed E-state index contributed by atoms with van der Waals surface area (Å²) in [6.45, 7) is 4.67. The summed E-state index contributed by atoms with van der Waals surface area (Å²) < 4.78 is 11.2. The number of unbranched alkanes of at least 4 members (excludes halogenated alkanes) is 2. The van der Waals surface area contributed by atoms with E-state index in [2.05, 4.69) is 41.9 Å². The average Bonchev–Trinajstić information content (AvgIpc) is 3.05. The Morgan fingerprint density at radius 2 is 2.00 bits per heavy atom. The summed E-state index contributed by atoms with van der Waals surface area (Å²) >= 11 is 1.77. The first-order valence-corrected chi connectivity index (χ1v) is 8.74. The molecule has 0 unspecified atom stereocenters. The third-order valence-electron chi connectivity index (χ3n) is 3.44. The predicted molar refractivity (Wildman–Crippen MR) is 92.9 cm³/mol. The van der Waals surface area contributed by atoms with E-state index in [1.54, 1.807) is 18.4 Å². The second-order valence-electron chi connectivity index (χ2n) is 5.22. The van der Waals surface area contributed by atoms with Crippen LogP contribution in [-0.2, 0) is 13.1 Å². The van der Waals surface area contributed by atoms with Gasteiger partial charge in [0.2, 0.25) is 0 Å². The first-order chi connectivity index (χ1) is 10.8. The van der Waals surface area contributed by atoms with E-state index in [4.69, 9.17) is 9.47 Å². The minimum Gasteiger partial charge on any atom is -0.493 e. The summed E-state index contributed by atoms with van der Waals surface area (Å²) in [7, 11) is 1.69. The number of thiophene rings is 1. The Labute approximate surface area is 137 Å². The molecular weight excluding hydrogens is 294 g/mol. The maximum absolute atomic E-state index is 5.80. The number of hydrogen-bond acceptors (Lipinski definition) is 4. The van der Waals surface area contributed by atoms with Gasteiger partial charge in [-0.15, -0.1) is 11.3 Å². The average molecular weight is 319 g/mol. The van der Waals surface area contributed by atoms with Crippen LogP contribution in [0.3, 0.4) is 0 Å². The van der Waals surface area contributed by atoms with Crippen molar-refractivity contribution in [2.24, 2.45) is 0 Å². The van der Waals surface area contributed by atoms with Gasteiger partial charge in [-0.05, 0) is 35.6 Å². The standard InChI is InChI=1S/C18H25NO2S/c1-3-4-5-10-21-17-9-8-15(12-18(17)20-2)13-19-14-16-7-6-11-22-16/h6-9,11-12,19H,3-5,10,13-14H2,1-2H3. The van der Waals surface area contributed by atoms with Crippen LogP contribution in [-0.4, -0.2) is 13.7 Å². The normalized spacial score (nSPS) is 10.6. The molecule has 1 N–H and O–H groups in total. The lowest BCUT2D eigenvalue weighted by Crippen LogP contribution is -2.11. The molecule has 3 nitrogen and oxygen atoms in total. The Morgan fingerprint density at radius 1 is 1.09 bits per heavy atom. The minimum atomic E-state index is 0.750. The molecule has 1 aromatic carbocycles. The van der Waals surface area contributed by atoms with Gasteiger partial charge in [-0.25, -0.2) is 0 Å². The molecule has 0 saturated carbocycles. The SMILES string of the molecule is CCCCCOc1ccc(CNCc2cccs2)cc1OC. The first kappa shape index (κ1) is 16.8. The minimum absolute atomic E-state index is 0.750. The van der Waals surface area contributed by atoms with Gasteiger partial charge in [0, 0.05) is 18.0 Å². The maximum atomic E-state index is 5.80. The summed E-state index contributed by atoms with van der Waals surface area (Å²) in [5, 5.41) is 5.55. The largest absolute Gasteiger partial charge is 0.493 e. The monoisotopic (exact) mass is 319 g/mol. The number of methoxy groups -OCH3 is 1. The molecule has 120 valence electrons. The van der Waals surface area contributed by atoms with Gasteiger partial charge in [-0.2, -0.15) is 0 Å². The highest BCUT2D eigenvalue weighted by atomic mass is 32.1. The second-order valence-corrected chi connectivity index (χ2v) is 6.26. The highest BCUT2D eigenvalue weighted by Crippen LogP contribution is 2.28. The lowest BCUT2D eigenvalue weighted by molar-refractivity contribution is 0.286. The summed E-state index contributed by atoms with van der Waals surface area (Å²) in [5.41, 5.74) is 1.20. The molecule has 22 heavy (non-hydrogen) atoms. The molecule has 0 saturated heterocycles. The summed E-state index contributed by atoms with van der Waals surface area (Å²) in [6.07, 6.45) is 3.49. The van der Waals surface area contributed by atoms with Gasteiger partial charge in [0.1, 0.15) is 0 Å². The van der Waals surface area contributed by atoms with Crippen molar-refractivity contribution in [2.75, 3.05) is 13.7 Å². The fraction of sp³-hybridized carbons (Fsp3) is 0.444. The molecule has 0 fully saturated rings. The van der Waals surface area contributed by atoms with E-state index in [1.165, 1.54) is 23.3 Å². The van der Waals surface area contributed by atoms with Crippen molar-refractivity contribution in [3.63, 3.8) is 0 Å². The van der Waals surface area contributed by atoms with Crippen LogP contribution in [0.4, 0.5) is 0 Å². The lowest BCUT2D eigenvalue weighted by Gasteiger charge is -2.12. The van der Waals surface area contributed by atoms with Crippen molar-refractivity contribution in [3.8, 4) is 11.5 Å². The Kier molecular flexibility index (Phi) is 7.26. The number of hydrogen-bond donors (Lipinski definition) is 1. The third-order valence-corrected chi connectivity index (χ3v) is 4.32. The van der Waals surface area contributed by atoms with Crippen LogP contribution >= 0.6 is 11.3 Å². The molecular formula is C18H25NO2S. The van der Waals surface area contributed by atoms with E-state index in [-0.39, 0.29) is 0 Å². The van der Waals surface area contributed by atoms with E-state index in [9.17, 15) is 0 Å². The molecule has 1 aromatic heterocycles. The van der Waals surface area contributed by atoms with Crippen LogP contribution < -0.4 is 14.8 Å². The van der Waals surface area contributed by atoms with Crippen molar-refractivity contribution in [3.05, 3.63) is 46.2 Å². The van der Waals surface area contributed by atoms with Gasteiger partial charge in [0.05, 0.1) is 13.7 Å². The zero-order chi connectivity index (χ0) is 15.6. The van der Waals surface area contributed by atoms with Crippen LogP contribution in [0.25, 0.3) is 0 Å². The predicted octanol–water partition coefficient (Wildman–Crippen LogP) is 4.62. The van der Waals surface area contributed by atoms with Crippen LogP contribution in [0.1, 0.15) is 36.6 Å². The van der Waals surface area contributed by atoms with Crippen molar-refractivity contribution in [1.29, 1.82) is 0 Å². The zero-order valence-electron chi connectivity index (χ0n) is 13.4. The Balaban J connectivity index is 1.84. The van der Waals surface area contributed by atoms with Gasteiger partial charge in [-0.1, -0.05) is 31.9 Å². The molecule has 0 radical (unpaired) electrons. The Bertz CT molecular complexity index is 540. The van der Waals surface area contributed by atoms with Gasteiger partial charge < -0.3 is 14.8 Å². The summed E-state index contributed by atoms with van der Waals surface area (Å²) in [6, 6.07) is 10.4. The van der Waals surface area contributed by atoms with Crippen molar-refractivity contribution in [1.82, 2.24) is 5.32 Å². The van der Waals surface area contributed by atoms with Crippen molar-refractivity contribution in [2.45, 2.75) is 39.3 Å². The molecule has 0 atom stereocenters. The fourth-order valence-corrected chi connectivity index (χ4v) is 2.89. The van der Waals surface area contributed by atoms with Crippen LogP contribution in [0.15, 0.2) is 35.7 Å². The van der Waals surface area contributed by atoms with E-state index >= 15 is 0 Å². The molecule has 1 heterocycles. The summed E-state index contributed by atoms with van der Waals surface area (Å²) in [4.78, 5) is 1.35. The molecule has 0 aliphatic heterocycles. The number of ether oxygens (including phenoxy) is 2. The molecule has 2 aromatic rings. The van der Waals surface area contributed by atoms with E-state index in [1.807, 2.05) is 6.07 Å². The van der Waals surface area contributed by atoms with Crippen LogP contribution in [0.2, 0.25) is 0 Å². The highest BCUT2D eigenvalue weighted by molar-refractivity contribution is 7.09. The van der Waals surface area contributed by atoms with Gasteiger partial charge >= 0.3 is 0 Å². The van der Waals surface area contributed by atoms with Gasteiger partial charge in [0.25, 0.3) is 0 Å². The Hall–Kier alpha value is -1.52. The molecule has 0 amide bonds. The van der Waals surface area contributed by atoms with E-state index < -0.39 is 0 Å². The van der Waals surface area contributed by atoms with Crippen LogP contribution in [0.5, 0.6) is 11.5 Å². The smallest absolute Gasteiger partial charge is 0.161 e. The fourth-order valence-electron chi connectivity index (χ4n) is 2.22. The topological polar surface area (TPSA) is 30.5 Å². The lowest BCUT2D eigenvalue weighted by atomic mass is 10.2. The zero-order valence-corrected chi connectivity index (χ0v) is 14.2. The van der Waals surface area contributed by atoms with Crippen LogP contribution in [0, 0.1) is 0 Å². The molecule has 0 bridgehead atoms. The van der Waals surface area contributed by atoms with Gasteiger partial charge in [0.15, 0.2) is 11.5 Å². The molecule has 4 heteroatoms. The molecule has 0 spiro atoms. The highest BCUT2D eigenvalue weighted by Gasteiger charge is 2.06.